The number of fused-ring (bicyclic) bond motifs is 2. The molecule has 2 aliphatic rings. The first-order valence-corrected chi connectivity index (χ1v) is 13.1. The van der Waals surface area contributed by atoms with Crippen LogP contribution >= 0.6 is 0 Å². The molecule has 34 heavy (non-hydrogen) atoms. The minimum absolute atomic E-state index is 0.0895. The number of aromatic nitrogens is 3. The topological polar surface area (TPSA) is 124 Å². The van der Waals surface area contributed by atoms with Crippen molar-refractivity contribution in [1.29, 1.82) is 5.26 Å². The summed E-state index contributed by atoms with van der Waals surface area (Å²) in [7, 11) is -3.49. The Morgan fingerprint density at radius 1 is 1.26 bits per heavy atom. The fourth-order valence-corrected chi connectivity index (χ4v) is 6.92. The minimum Gasteiger partial charge on any atom is -0.338 e. The molecule has 2 aromatic heterocycles. The summed E-state index contributed by atoms with van der Waals surface area (Å²) in [4.78, 5) is 15.8. The third-order valence-electron chi connectivity index (χ3n) is 6.70. The van der Waals surface area contributed by atoms with Crippen molar-refractivity contribution in [3.8, 4) is 6.07 Å². The number of hydrogen-bond donors (Lipinski definition) is 2. The van der Waals surface area contributed by atoms with Crippen molar-refractivity contribution in [2.75, 3.05) is 11.9 Å². The van der Waals surface area contributed by atoms with Crippen LogP contribution in [0.15, 0.2) is 40.2 Å². The van der Waals surface area contributed by atoms with Crippen LogP contribution in [0.3, 0.4) is 0 Å². The van der Waals surface area contributed by atoms with Crippen LogP contribution in [-0.2, 0) is 16.6 Å². The average Bonchev–Trinajstić information content (AvgIpc) is 3.28. The van der Waals surface area contributed by atoms with E-state index in [9.17, 15) is 18.5 Å². The predicted octanol–water partition coefficient (Wildman–Crippen LogP) is 3.88. The van der Waals surface area contributed by atoms with Crippen molar-refractivity contribution in [2.45, 2.75) is 57.0 Å². The second-order valence-electron chi connectivity index (χ2n) is 9.59. The zero-order valence-corrected chi connectivity index (χ0v) is 20.1. The molecule has 2 atom stereocenters. The second kappa shape index (κ2) is 8.56. The van der Waals surface area contributed by atoms with Crippen LogP contribution in [0.5, 0.6) is 0 Å². The molecule has 0 radical (unpaired) electrons. The van der Waals surface area contributed by atoms with Crippen molar-refractivity contribution in [1.82, 2.24) is 19.1 Å². The van der Waals surface area contributed by atoms with Gasteiger partial charge in [-0.1, -0.05) is 26.7 Å². The molecule has 3 aromatic rings. The molecule has 3 heterocycles. The number of aromatic amines is 1. The molecular weight excluding hydrogens is 452 g/mol. The molecule has 1 aliphatic heterocycles. The Balaban J connectivity index is 1.53. The van der Waals surface area contributed by atoms with Crippen molar-refractivity contribution < 1.29 is 8.42 Å². The average molecular weight is 481 g/mol. The Morgan fingerprint density at radius 2 is 2.06 bits per heavy atom. The number of hydrogen-bond acceptors (Lipinski definition) is 6. The van der Waals surface area contributed by atoms with E-state index < -0.39 is 10.0 Å². The molecule has 1 aliphatic carbocycles. The largest absolute Gasteiger partial charge is 0.338 e. The monoisotopic (exact) mass is 480 g/mol. The summed E-state index contributed by atoms with van der Waals surface area (Å²) in [5.41, 5.74) is 1.81. The standard InChI is InChI=1S/C24H28N6O3S/c1-15(2)13-29-14-17-11-18(7-8-21(17)34(29,32)33)27-23-22-20(9-10-26-24(22)31)30(28-23)19-6-4-3-5-16(19)12-25/h7-11,15-16,19H,3-6,13-14H2,1-2H3,(H,26,31)(H,27,28)/t16-,19+/m1/s1. The van der Waals surface area contributed by atoms with Gasteiger partial charge in [0.1, 0.15) is 5.39 Å². The lowest BCUT2D eigenvalue weighted by Crippen LogP contribution is -2.28. The van der Waals surface area contributed by atoms with Gasteiger partial charge in [0.25, 0.3) is 5.56 Å². The quantitative estimate of drug-likeness (QED) is 0.571. The van der Waals surface area contributed by atoms with Crippen LogP contribution in [0.25, 0.3) is 10.9 Å². The highest BCUT2D eigenvalue weighted by Crippen LogP contribution is 2.37. The van der Waals surface area contributed by atoms with Gasteiger partial charge in [-0.25, -0.2) is 8.42 Å². The molecule has 0 saturated heterocycles. The van der Waals surface area contributed by atoms with Crippen LogP contribution < -0.4 is 10.9 Å². The van der Waals surface area contributed by atoms with E-state index >= 15 is 0 Å². The Kier molecular flexibility index (Phi) is 5.70. The number of sulfonamides is 1. The Labute approximate surface area is 198 Å². The molecule has 0 bridgehead atoms. The Hall–Kier alpha value is -3.16. The van der Waals surface area contributed by atoms with Gasteiger partial charge in [-0.15, -0.1) is 0 Å². The molecular formula is C24H28N6O3S. The van der Waals surface area contributed by atoms with Gasteiger partial charge in [-0.05, 0) is 48.6 Å². The highest BCUT2D eigenvalue weighted by molar-refractivity contribution is 7.89. The van der Waals surface area contributed by atoms with Gasteiger partial charge in [0.15, 0.2) is 5.82 Å². The van der Waals surface area contributed by atoms with E-state index in [4.69, 9.17) is 5.10 Å². The maximum Gasteiger partial charge on any atom is 0.261 e. The normalized spacial score (nSPS) is 22.1. The van der Waals surface area contributed by atoms with E-state index in [1.165, 1.54) is 4.31 Å². The van der Waals surface area contributed by atoms with E-state index in [2.05, 4.69) is 16.4 Å². The van der Waals surface area contributed by atoms with Crippen molar-refractivity contribution in [3.63, 3.8) is 0 Å². The van der Waals surface area contributed by atoms with Crippen LogP contribution in [0.4, 0.5) is 11.5 Å². The first kappa shape index (κ1) is 22.6. The third-order valence-corrected chi connectivity index (χ3v) is 8.61. The van der Waals surface area contributed by atoms with Crippen molar-refractivity contribution >= 4 is 32.4 Å². The highest BCUT2D eigenvalue weighted by atomic mass is 32.2. The van der Waals surface area contributed by atoms with Gasteiger partial charge in [0.05, 0.1) is 28.4 Å². The molecule has 0 amide bonds. The summed E-state index contributed by atoms with van der Waals surface area (Å²) in [5.74, 6) is 0.473. The van der Waals surface area contributed by atoms with E-state index in [1.807, 2.05) is 30.7 Å². The highest BCUT2D eigenvalue weighted by Gasteiger charge is 2.35. The lowest BCUT2D eigenvalue weighted by atomic mass is 9.85. The number of H-pyrrole nitrogens is 1. The first-order valence-electron chi connectivity index (χ1n) is 11.7. The minimum atomic E-state index is -3.49. The van der Waals surface area contributed by atoms with Gasteiger partial charge in [-0.2, -0.15) is 14.7 Å². The SMILES string of the molecule is CC(C)CN1Cc2cc(Nc3nn([C@H]4CCCC[C@@H]4C#N)c4cc[nH]c(=O)c34)ccc2S1(=O)=O. The summed E-state index contributed by atoms with van der Waals surface area (Å²) < 4.78 is 29.1. The summed E-state index contributed by atoms with van der Waals surface area (Å²) in [6.45, 7) is 4.78. The number of nitriles is 1. The third kappa shape index (κ3) is 3.79. The molecule has 10 heteroatoms. The number of anilines is 2. The molecule has 0 unspecified atom stereocenters. The van der Waals surface area contributed by atoms with Crippen LogP contribution in [0, 0.1) is 23.2 Å². The second-order valence-corrected chi connectivity index (χ2v) is 11.5. The summed E-state index contributed by atoms with van der Waals surface area (Å²) in [5, 5.41) is 18.1. The molecule has 1 fully saturated rings. The smallest absolute Gasteiger partial charge is 0.261 e. The van der Waals surface area contributed by atoms with Crippen LogP contribution in [0.2, 0.25) is 0 Å². The molecule has 2 N–H and O–H groups in total. The van der Waals surface area contributed by atoms with Gasteiger partial charge >= 0.3 is 0 Å². The Bertz CT molecular complexity index is 1450. The zero-order valence-electron chi connectivity index (χ0n) is 19.3. The predicted molar refractivity (Wildman–Crippen MR) is 129 cm³/mol. The van der Waals surface area contributed by atoms with E-state index in [1.54, 1.807) is 18.3 Å². The molecule has 5 rings (SSSR count). The lowest BCUT2D eigenvalue weighted by Gasteiger charge is -2.27. The van der Waals surface area contributed by atoms with Gasteiger partial charge in [-0.3, -0.25) is 9.48 Å². The van der Waals surface area contributed by atoms with Gasteiger partial charge < -0.3 is 10.3 Å². The van der Waals surface area contributed by atoms with Gasteiger partial charge in [0.2, 0.25) is 10.0 Å². The maximum absolute atomic E-state index is 12.9. The van der Waals surface area contributed by atoms with Crippen molar-refractivity contribution in [3.05, 3.63) is 46.4 Å². The molecule has 0 spiro atoms. The maximum atomic E-state index is 12.9. The zero-order chi connectivity index (χ0) is 24.0. The van der Waals surface area contributed by atoms with Gasteiger partial charge in [0, 0.05) is 25.0 Å². The molecule has 9 nitrogen and oxygen atoms in total. The number of nitrogens with zero attached hydrogens (tertiary/aromatic N) is 4. The lowest BCUT2D eigenvalue weighted by molar-refractivity contribution is 0.277. The van der Waals surface area contributed by atoms with Crippen molar-refractivity contribution in [2.24, 2.45) is 11.8 Å². The Morgan fingerprint density at radius 3 is 2.82 bits per heavy atom. The van der Waals surface area contributed by atoms with Crippen LogP contribution in [0.1, 0.15) is 51.1 Å². The number of pyridine rings is 1. The van der Waals surface area contributed by atoms with Crippen LogP contribution in [-0.4, -0.2) is 34.0 Å². The molecule has 1 saturated carbocycles. The number of nitrogens with one attached hydrogen (secondary N) is 2. The molecule has 1 aromatic carbocycles. The molecule has 178 valence electrons. The number of rotatable bonds is 5. The van der Waals surface area contributed by atoms with E-state index in [-0.39, 0.29) is 23.4 Å². The van der Waals surface area contributed by atoms with E-state index in [0.29, 0.717) is 40.4 Å². The summed E-state index contributed by atoms with van der Waals surface area (Å²) >= 11 is 0. The fourth-order valence-electron chi connectivity index (χ4n) is 5.15. The summed E-state index contributed by atoms with van der Waals surface area (Å²) in [6, 6.07) is 9.27. The first-order chi connectivity index (χ1) is 16.3. The van der Waals surface area contributed by atoms with E-state index in [0.717, 1.165) is 31.2 Å². The summed E-state index contributed by atoms with van der Waals surface area (Å²) in [6.07, 6.45) is 5.29. The fraction of sp³-hybridized carbons (Fsp3) is 0.458. The number of benzene rings is 1.